The first-order valence-electron chi connectivity index (χ1n) is 9.09. The molecule has 0 saturated carbocycles. The number of hydrogen-bond donors (Lipinski definition) is 1. The molecule has 1 aromatic carbocycles. The second-order valence-corrected chi connectivity index (χ2v) is 7.93. The first kappa shape index (κ1) is 16.9. The largest absolute Gasteiger partial charge is 0.314 e. The van der Waals surface area contributed by atoms with Crippen molar-refractivity contribution < 1.29 is 4.92 Å². The van der Waals surface area contributed by atoms with Crippen LogP contribution >= 0.6 is 11.3 Å². The second-order valence-electron chi connectivity index (χ2n) is 6.84. The highest BCUT2D eigenvalue weighted by molar-refractivity contribution is 7.18. The minimum atomic E-state index is -0.425. The van der Waals surface area contributed by atoms with Gasteiger partial charge in [-0.2, -0.15) is 0 Å². The molecule has 8 heteroatoms. The molecule has 0 bridgehead atoms. The fourth-order valence-electron chi connectivity index (χ4n) is 3.82. The lowest BCUT2D eigenvalue weighted by Crippen LogP contribution is -2.12. The summed E-state index contributed by atoms with van der Waals surface area (Å²) in [5, 5.41) is 11.6. The van der Waals surface area contributed by atoms with E-state index in [4.69, 9.17) is 4.98 Å². The molecule has 5 rings (SSSR count). The number of fused-ring (bicyclic) bond motifs is 3. The number of aromatic nitrogens is 3. The van der Waals surface area contributed by atoms with Crippen molar-refractivity contribution >= 4 is 27.2 Å². The molecule has 1 N–H and O–H groups in total. The first-order chi connectivity index (χ1) is 13.6. The molecule has 140 valence electrons. The Hall–Kier alpha value is -3.26. The molecule has 0 saturated heterocycles. The van der Waals surface area contributed by atoms with Crippen LogP contribution in [0.4, 0.5) is 5.69 Å². The molecule has 1 aliphatic rings. The molecule has 0 aliphatic heterocycles. The van der Waals surface area contributed by atoms with Crippen LogP contribution in [0.5, 0.6) is 0 Å². The molecule has 0 unspecified atom stereocenters. The van der Waals surface area contributed by atoms with Crippen LogP contribution in [0.1, 0.15) is 23.3 Å². The Kier molecular flexibility index (Phi) is 3.87. The maximum absolute atomic E-state index is 12.8. The molecule has 1 aliphatic carbocycles. The summed E-state index contributed by atoms with van der Waals surface area (Å²) in [6.45, 7) is 0. The maximum Gasteiger partial charge on any atom is 0.269 e. The lowest BCUT2D eigenvalue weighted by Gasteiger charge is -2.10. The predicted molar refractivity (Wildman–Crippen MR) is 108 cm³/mol. The van der Waals surface area contributed by atoms with Gasteiger partial charge in [0.25, 0.3) is 11.2 Å². The van der Waals surface area contributed by atoms with Crippen LogP contribution in [0.3, 0.4) is 0 Å². The third-order valence-corrected chi connectivity index (χ3v) is 6.34. The lowest BCUT2D eigenvalue weighted by atomic mass is 9.97. The summed E-state index contributed by atoms with van der Waals surface area (Å²) in [5.74, 6) is 0.499. The van der Waals surface area contributed by atoms with E-state index in [1.807, 2.05) is 22.9 Å². The van der Waals surface area contributed by atoms with Crippen LogP contribution in [0.25, 0.3) is 27.4 Å². The topological polar surface area (TPSA) is 93.8 Å². The second kappa shape index (κ2) is 6.42. The molecule has 3 aromatic heterocycles. The van der Waals surface area contributed by atoms with E-state index < -0.39 is 4.92 Å². The van der Waals surface area contributed by atoms with Crippen molar-refractivity contribution in [3.05, 3.63) is 73.5 Å². The van der Waals surface area contributed by atoms with Gasteiger partial charge in [-0.05, 0) is 55.5 Å². The fraction of sp³-hybridized carbons (Fsp3) is 0.200. The van der Waals surface area contributed by atoms with Crippen molar-refractivity contribution in [3.8, 4) is 17.2 Å². The van der Waals surface area contributed by atoms with Crippen molar-refractivity contribution in [1.82, 2.24) is 14.5 Å². The van der Waals surface area contributed by atoms with Gasteiger partial charge in [-0.15, -0.1) is 11.3 Å². The van der Waals surface area contributed by atoms with Crippen LogP contribution in [-0.2, 0) is 12.8 Å². The predicted octanol–water partition coefficient (Wildman–Crippen LogP) is 4.23. The highest BCUT2D eigenvalue weighted by Crippen LogP contribution is 2.34. The quantitative estimate of drug-likeness (QED) is 0.417. The van der Waals surface area contributed by atoms with Crippen molar-refractivity contribution in [1.29, 1.82) is 0 Å². The number of benzene rings is 1. The number of non-ortho nitro benzene ring substituents is 1. The average molecular weight is 392 g/mol. The van der Waals surface area contributed by atoms with Crippen molar-refractivity contribution in [2.75, 3.05) is 0 Å². The number of aromatic amines is 1. The van der Waals surface area contributed by atoms with E-state index >= 15 is 0 Å². The first-order valence-corrected chi connectivity index (χ1v) is 9.90. The van der Waals surface area contributed by atoms with Gasteiger partial charge in [0.2, 0.25) is 0 Å². The third-order valence-electron chi connectivity index (χ3n) is 5.16. The number of thiophene rings is 1. The summed E-state index contributed by atoms with van der Waals surface area (Å²) in [5.41, 5.74) is 2.60. The van der Waals surface area contributed by atoms with E-state index in [0.717, 1.165) is 52.8 Å². The summed E-state index contributed by atoms with van der Waals surface area (Å²) in [7, 11) is 0. The molecule has 0 atom stereocenters. The zero-order valence-corrected chi connectivity index (χ0v) is 15.7. The number of hydrogen-bond acceptors (Lipinski definition) is 5. The van der Waals surface area contributed by atoms with Gasteiger partial charge < -0.3 is 9.55 Å². The number of aryl methyl sites for hydroxylation is 2. The van der Waals surface area contributed by atoms with E-state index in [1.54, 1.807) is 23.5 Å². The molecule has 0 spiro atoms. The molecule has 3 heterocycles. The molecular weight excluding hydrogens is 376 g/mol. The average Bonchev–Trinajstić information content (AvgIpc) is 3.32. The minimum absolute atomic E-state index is 0.0366. The number of nitrogens with one attached hydrogen (secondary N) is 1. The normalized spacial score (nSPS) is 13.6. The summed E-state index contributed by atoms with van der Waals surface area (Å²) in [4.78, 5) is 33.0. The molecule has 0 amide bonds. The third kappa shape index (κ3) is 2.65. The number of nitrogens with zero attached hydrogens (tertiary/aromatic N) is 3. The van der Waals surface area contributed by atoms with Crippen LogP contribution < -0.4 is 5.56 Å². The Bertz CT molecular complexity index is 1270. The number of nitro benzene ring substituents is 1. The van der Waals surface area contributed by atoms with E-state index in [-0.39, 0.29) is 11.2 Å². The number of rotatable bonds is 3. The molecule has 0 radical (unpaired) electrons. The van der Waals surface area contributed by atoms with Crippen LogP contribution in [0, 0.1) is 10.1 Å². The molecule has 4 aromatic rings. The Morgan fingerprint density at radius 3 is 2.71 bits per heavy atom. The standard InChI is InChI=1S/C20H16N4O3S/c25-19-17-14-4-1-2-6-16(14)28-20(17)22-18(21-19)15-5-3-11-23(15)12-7-9-13(10-8-12)24(26)27/h3,5,7-11H,1-2,4,6H2,(H,21,22,25). The van der Waals surface area contributed by atoms with E-state index in [2.05, 4.69) is 4.98 Å². The monoisotopic (exact) mass is 392 g/mol. The Morgan fingerprint density at radius 2 is 1.93 bits per heavy atom. The minimum Gasteiger partial charge on any atom is -0.314 e. The van der Waals surface area contributed by atoms with Gasteiger partial charge >= 0.3 is 0 Å². The zero-order valence-electron chi connectivity index (χ0n) is 14.8. The van der Waals surface area contributed by atoms with E-state index in [0.29, 0.717) is 5.82 Å². The van der Waals surface area contributed by atoms with Crippen LogP contribution in [0.2, 0.25) is 0 Å². The van der Waals surface area contributed by atoms with E-state index in [1.165, 1.54) is 17.0 Å². The smallest absolute Gasteiger partial charge is 0.269 e. The van der Waals surface area contributed by atoms with Gasteiger partial charge in [-0.1, -0.05) is 0 Å². The Morgan fingerprint density at radius 1 is 1.14 bits per heavy atom. The molecule has 7 nitrogen and oxygen atoms in total. The Balaban J connectivity index is 1.63. The highest BCUT2D eigenvalue weighted by Gasteiger charge is 2.21. The highest BCUT2D eigenvalue weighted by atomic mass is 32.1. The maximum atomic E-state index is 12.8. The SMILES string of the molecule is O=c1[nH]c(-c2cccn2-c2ccc([N+](=O)[O-])cc2)nc2sc3c(c12)CCCC3. The fourth-order valence-corrected chi connectivity index (χ4v) is 5.08. The van der Waals surface area contributed by atoms with Gasteiger partial charge in [-0.25, -0.2) is 4.98 Å². The number of nitro groups is 1. The van der Waals surface area contributed by atoms with Crippen molar-refractivity contribution in [2.24, 2.45) is 0 Å². The van der Waals surface area contributed by atoms with Gasteiger partial charge in [0.15, 0.2) is 5.82 Å². The molecular formula is C20H16N4O3S. The zero-order chi connectivity index (χ0) is 19.3. The van der Waals surface area contributed by atoms with Gasteiger partial charge in [0, 0.05) is 28.9 Å². The van der Waals surface area contributed by atoms with Crippen LogP contribution in [-0.4, -0.2) is 19.5 Å². The summed E-state index contributed by atoms with van der Waals surface area (Å²) >= 11 is 1.62. The van der Waals surface area contributed by atoms with Crippen molar-refractivity contribution in [3.63, 3.8) is 0 Å². The molecule has 0 fully saturated rings. The summed E-state index contributed by atoms with van der Waals surface area (Å²) < 4.78 is 1.86. The Labute approximate surface area is 163 Å². The van der Waals surface area contributed by atoms with Crippen LogP contribution in [0.15, 0.2) is 47.4 Å². The number of H-pyrrole nitrogens is 1. The van der Waals surface area contributed by atoms with Gasteiger partial charge in [0.1, 0.15) is 4.83 Å². The van der Waals surface area contributed by atoms with Gasteiger partial charge in [0.05, 0.1) is 16.0 Å². The molecule has 28 heavy (non-hydrogen) atoms. The van der Waals surface area contributed by atoms with E-state index in [9.17, 15) is 14.9 Å². The van der Waals surface area contributed by atoms with Gasteiger partial charge in [-0.3, -0.25) is 14.9 Å². The van der Waals surface area contributed by atoms with Crippen molar-refractivity contribution in [2.45, 2.75) is 25.7 Å². The summed E-state index contributed by atoms with van der Waals surface area (Å²) in [6, 6.07) is 10.0. The lowest BCUT2D eigenvalue weighted by molar-refractivity contribution is -0.384. The summed E-state index contributed by atoms with van der Waals surface area (Å²) in [6.07, 6.45) is 6.08.